The third-order valence-electron chi connectivity index (χ3n) is 1.84. The average Bonchev–Trinajstić information content (AvgIpc) is 2.40. The van der Waals surface area contributed by atoms with Gasteiger partial charge >= 0.3 is 0 Å². The van der Waals surface area contributed by atoms with E-state index in [1.165, 1.54) is 11.1 Å². The molecule has 1 unspecified atom stereocenters. The van der Waals surface area contributed by atoms with Gasteiger partial charge in [-0.05, 0) is 28.8 Å². The Hall–Kier alpha value is -0.380. The van der Waals surface area contributed by atoms with Crippen LogP contribution >= 0.6 is 11.3 Å². The quantitative estimate of drug-likeness (QED) is 0.715. The highest BCUT2D eigenvalue weighted by molar-refractivity contribution is 7.08. The molecule has 62 valence electrons. The fourth-order valence-electron chi connectivity index (χ4n) is 1.09. The third-order valence-corrected chi connectivity index (χ3v) is 2.72. The Morgan fingerprint density at radius 1 is 1.64 bits per heavy atom. The van der Waals surface area contributed by atoms with E-state index < -0.39 is 0 Å². The van der Waals surface area contributed by atoms with Gasteiger partial charge in [-0.2, -0.15) is 11.3 Å². The van der Waals surface area contributed by atoms with Crippen molar-refractivity contribution in [2.24, 2.45) is 5.73 Å². The summed E-state index contributed by atoms with van der Waals surface area (Å²) in [6, 6.07) is 0. The zero-order valence-corrected chi connectivity index (χ0v) is 7.40. The molecule has 1 heterocycles. The van der Waals surface area contributed by atoms with Crippen molar-refractivity contribution >= 4 is 11.3 Å². The number of aryl methyl sites for hydroxylation is 1. The Kier molecular flexibility index (Phi) is 3.05. The van der Waals surface area contributed by atoms with Crippen molar-refractivity contribution in [1.82, 2.24) is 0 Å². The van der Waals surface area contributed by atoms with Crippen molar-refractivity contribution in [1.29, 1.82) is 0 Å². The van der Waals surface area contributed by atoms with Crippen molar-refractivity contribution in [3.63, 3.8) is 0 Å². The predicted octanol–water partition coefficient (Wildman–Crippen LogP) is 1.09. The highest BCUT2D eigenvalue weighted by atomic mass is 32.1. The summed E-state index contributed by atoms with van der Waals surface area (Å²) >= 11 is 1.66. The molecule has 0 aliphatic carbocycles. The normalized spacial score (nSPS) is 13.4. The molecule has 0 spiro atoms. The van der Waals surface area contributed by atoms with Gasteiger partial charge < -0.3 is 10.8 Å². The maximum atomic E-state index is 8.95. The molecule has 0 bridgehead atoms. The van der Waals surface area contributed by atoms with E-state index in [4.69, 9.17) is 10.8 Å². The van der Waals surface area contributed by atoms with Crippen LogP contribution in [0, 0.1) is 6.92 Å². The predicted molar refractivity (Wildman–Crippen MR) is 47.9 cm³/mol. The second kappa shape index (κ2) is 3.85. The molecule has 3 N–H and O–H groups in total. The number of thiophene rings is 1. The van der Waals surface area contributed by atoms with Crippen molar-refractivity contribution < 1.29 is 5.11 Å². The number of hydrogen-bond donors (Lipinski definition) is 2. The molecule has 0 aliphatic heterocycles. The average molecular weight is 171 g/mol. The summed E-state index contributed by atoms with van der Waals surface area (Å²) in [6.45, 7) is 2.71. The summed E-state index contributed by atoms with van der Waals surface area (Å²) in [5, 5.41) is 13.1. The molecule has 0 aliphatic rings. The van der Waals surface area contributed by atoms with Crippen LogP contribution in [0.2, 0.25) is 0 Å². The van der Waals surface area contributed by atoms with Gasteiger partial charge in [0.15, 0.2) is 0 Å². The van der Waals surface area contributed by atoms with Crippen LogP contribution in [-0.4, -0.2) is 18.3 Å². The van der Waals surface area contributed by atoms with E-state index in [0.717, 1.165) is 0 Å². The summed E-state index contributed by atoms with van der Waals surface area (Å²) < 4.78 is 0. The van der Waals surface area contributed by atoms with Crippen molar-refractivity contribution in [2.45, 2.75) is 12.8 Å². The number of hydrogen-bond acceptors (Lipinski definition) is 3. The minimum atomic E-state index is 0.126. The molecule has 0 fully saturated rings. The topological polar surface area (TPSA) is 46.2 Å². The minimum Gasteiger partial charge on any atom is -0.396 e. The van der Waals surface area contributed by atoms with Gasteiger partial charge in [-0.1, -0.05) is 0 Å². The molecular weight excluding hydrogens is 158 g/mol. The first-order chi connectivity index (χ1) is 5.29. The van der Waals surface area contributed by atoms with Crippen LogP contribution in [0.3, 0.4) is 0 Å². The largest absolute Gasteiger partial charge is 0.396 e. The first-order valence-electron chi connectivity index (χ1n) is 3.63. The monoisotopic (exact) mass is 171 g/mol. The van der Waals surface area contributed by atoms with Crippen LogP contribution < -0.4 is 5.73 Å². The summed E-state index contributed by atoms with van der Waals surface area (Å²) in [4.78, 5) is 0. The Balaban J connectivity index is 2.81. The molecule has 0 radical (unpaired) electrons. The van der Waals surface area contributed by atoms with Crippen molar-refractivity contribution in [3.05, 3.63) is 21.9 Å². The molecule has 0 saturated heterocycles. The molecule has 11 heavy (non-hydrogen) atoms. The zero-order chi connectivity index (χ0) is 8.27. The molecule has 0 saturated carbocycles. The third kappa shape index (κ3) is 1.80. The maximum absolute atomic E-state index is 8.95. The standard InChI is InChI=1S/C8H13NOS/c1-6-4-11-5-8(6)7(2-9)3-10/h4-5,7,10H,2-3,9H2,1H3. The van der Waals surface area contributed by atoms with Gasteiger partial charge in [-0.15, -0.1) is 0 Å². The van der Waals surface area contributed by atoms with Crippen LogP contribution in [0.1, 0.15) is 17.0 Å². The molecule has 0 amide bonds. The molecule has 1 aromatic heterocycles. The fraction of sp³-hybridized carbons (Fsp3) is 0.500. The maximum Gasteiger partial charge on any atom is 0.0512 e. The van der Waals surface area contributed by atoms with Gasteiger partial charge in [0.25, 0.3) is 0 Å². The smallest absolute Gasteiger partial charge is 0.0512 e. The van der Waals surface area contributed by atoms with Crippen LogP contribution in [0.15, 0.2) is 10.8 Å². The van der Waals surface area contributed by atoms with E-state index in [2.05, 4.69) is 10.8 Å². The van der Waals surface area contributed by atoms with Crippen LogP contribution in [0.4, 0.5) is 0 Å². The summed E-state index contributed by atoms with van der Waals surface area (Å²) in [5.41, 5.74) is 7.92. The van der Waals surface area contributed by atoms with Gasteiger partial charge in [0.1, 0.15) is 0 Å². The number of aliphatic hydroxyl groups is 1. The van der Waals surface area contributed by atoms with E-state index in [1.54, 1.807) is 11.3 Å². The molecule has 3 heteroatoms. The Bertz CT molecular complexity index is 218. The lowest BCUT2D eigenvalue weighted by atomic mass is 10.0. The van der Waals surface area contributed by atoms with E-state index in [0.29, 0.717) is 6.54 Å². The first kappa shape index (κ1) is 8.71. The lowest BCUT2D eigenvalue weighted by Crippen LogP contribution is -2.16. The van der Waals surface area contributed by atoms with Gasteiger partial charge in [0.2, 0.25) is 0 Å². The number of rotatable bonds is 3. The molecule has 1 aromatic rings. The van der Waals surface area contributed by atoms with Crippen LogP contribution in [-0.2, 0) is 0 Å². The van der Waals surface area contributed by atoms with E-state index >= 15 is 0 Å². The number of nitrogens with two attached hydrogens (primary N) is 1. The SMILES string of the molecule is Cc1cscc1C(CN)CO. The second-order valence-electron chi connectivity index (χ2n) is 2.63. The Morgan fingerprint density at radius 3 is 2.73 bits per heavy atom. The van der Waals surface area contributed by atoms with E-state index in [9.17, 15) is 0 Å². The Morgan fingerprint density at radius 2 is 2.36 bits per heavy atom. The Labute approximate surface area is 70.7 Å². The van der Waals surface area contributed by atoms with E-state index in [-0.39, 0.29) is 12.5 Å². The summed E-state index contributed by atoms with van der Waals surface area (Å²) in [7, 11) is 0. The van der Waals surface area contributed by atoms with Crippen molar-refractivity contribution in [2.75, 3.05) is 13.2 Å². The van der Waals surface area contributed by atoms with Crippen LogP contribution in [0.25, 0.3) is 0 Å². The van der Waals surface area contributed by atoms with Gasteiger partial charge in [0, 0.05) is 12.5 Å². The molecular formula is C8H13NOS. The summed E-state index contributed by atoms with van der Waals surface area (Å²) in [6.07, 6.45) is 0. The van der Waals surface area contributed by atoms with Gasteiger partial charge in [-0.3, -0.25) is 0 Å². The number of aliphatic hydroxyl groups excluding tert-OH is 1. The fourth-order valence-corrected chi connectivity index (χ4v) is 2.02. The molecule has 2 nitrogen and oxygen atoms in total. The first-order valence-corrected chi connectivity index (χ1v) is 4.57. The van der Waals surface area contributed by atoms with Gasteiger partial charge in [0.05, 0.1) is 6.61 Å². The lowest BCUT2D eigenvalue weighted by molar-refractivity contribution is 0.267. The lowest BCUT2D eigenvalue weighted by Gasteiger charge is -2.10. The van der Waals surface area contributed by atoms with Crippen LogP contribution in [0.5, 0.6) is 0 Å². The molecule has 0 aromatic carbocycles. The highest BCUT2D eigenvalue weighted by Crippen LogP contribution is 2.22. The molecule has 1 atom stereocenters. The summed E-state index contributed by atoms with van der Waals surface area (Å²) in [5.74, 6) is 0.126. The van der Waals surface area contributed by atoms with Crippen molar-refractivity contribution in [3.8, 4) is 0 Å². The zero-order valence-electron chi connectivity index (χ0n) is 6.58. The minimum absolute atomic E-state index is 0.126. The van der Waals surface area contributed by atoms with E-state index in [1.807, 2.05) is 6.92 Å². The second-order valence-corrected chi connectivity index (χ2v) is 3.37. The highest BCUT2D eigenvalue weighted by Gasteiger charge is 2.10. The molecule has 1 rings (SSSR count). The van der Waals surface area contributed by atoms with Gasteiger partial charge in [-0.25, -0.2) is 0 Å².